The fourth-order valence-electron chi connectivity index (χ4n) is 0.952. The third-order valence-corrected chi connectivity index (χ3v) is 1.91. The predicted molar refractivity (Wildman–Crippen MR) is 57.2 cm³/mol. The van der Waals surface area contributed by atoms with Gasteiger partial charge in [0.05, 0.1) is 0 Å². The van der Waals surface area contributed by atoms with E-state index in [1.165, 1.54) is 0 Å². The average molecular weight is 208 g/mol. The second-order valence-corrected chi connectivity index (χ2v) is 3.15. The molecule has 0 atom stereocenters. The van der Waals surface area contributed by atoms with E-state index in [9.17, 15) is 4.79 Å². The third-order valence-electron chi connectivity index (χ3n) is 1.66. The Bertz CT molecular complexity index is 351. The van der Waals surface area contributed by atoms with Gasteiger partial charge in [-0.05, 0) is 24.3 Å². The van der Waals surface area contributed by atoms with E-state index < -0.39 is 0 Å². The zero-order valence-electron chi connectivity index (χ0n) is 7.59. The van der Waals surface area contributed by atoms with E-state index in [1.807, 2.05) is 0 Å². The summed E-state index contributed by atoms with van der Waals surface area (Å²) in [6, 6.07) is 6.70. The maximum Gasteiger partial charge on any atom is 0.251 e. The molecule has 0 aliphatic carbocycles. The summed E-state index contributed by atoms with van der Waals surface area (Å²) in [4.78, 5) is 11.4. The number of rotatable bonds is 3. The molecule has 0 aliphatic heterocycles. The first-order chi connectivity index (χ1) is 6.74. The summed E-state index contributed by atoms with van der Waals surface area (Å²) in [5.41, 5.74) is 0.589. The van der Waals surface area contributed by atoms with Gasteiger partial charge in [-0.3, -0.25) is 4.79 Å². The molecule has 0 heterocycles. The van der Waals surface area contributed by atoms with E-state index >= 15 is 0 Å². The molecule has 0 aliphatic rings. The second kappa shape index (κ2) is 5.31. The van der Waals surface area contributed by atoms with Crippen LogP contribution < -0.4 is 5.32 Å². The van der Waals surface area contributed by atoms with Crippen molar-refractivity contribution < 1.29 is 4.79 Å². The molecule has 0 radical (unpaired) electrons. The molecule has 3 heteroatoms. The number of amides is 1. The summed E-state index contributed by atoms with van der Waals surface area (Å²) in [5, 5.41) is 3.31. The summed E-state index contributed by atoms with van der Waals surface area (Å²) >= 11 is 5.68. The topological polar surface area (TPSA) is 29.1 Å². The van der Waals surface area contributed by atoms with Crippen molar-refractivity contribution in [3.63, 3.8) is 0 Å². The molecule has 72 valence electrons. The van der Waals surface area contributed by atoms with Crippen LogP contribution in [0.5, 0.6) is 0 Å². The second-order valence-electron chi connectivity index (χ2n) is 2.72. The fraction of sp³-hybridized carbons (Fsp3) is 0.182. The molecule has 14 heavy (non-hydrogen) atoms. The molecule has 1 N–H and O–H groups in total. The Morgan fingerprint density at radius 3 is 2.64 bits per heavy atom. The van der Waals surface area contributed by atoms with E-state index in [0.717, 1.165) is 0 Å². The van der Waals surface area contributed by atoms with Gasteiger partial charge >= 0.3 is 0 Å². The minimum atomic E-state index is -0.128. The van der Waals surface area contributed by atoms with Crippen molar-refractivity contribution in [2.75, 3.05) is 6.54 Å². The lowest BCUT2D eigenvalue weighted by Gasteiger charge is -2.02. The lowest BCUT2D eigenvalue weighted by atomic mass is 10.2. The highest BCUT2D eigenvalue weighted by molar-refractivity contribution is 6.30. The molecule has 0 unspecified atom stereocenters. The van der Waals surface area contributed by atoms with Crippen molar-refractivity contribution in [1.29, 1.82) is 0 Å². The SMILES string of the molecule is C#CCCNC(=O)c1ccc(Cl)cc1. The summed E-state index contributed by atoms with van der Waals surface area (Å²) in [6.07, 6.45) is 5.60. The quantitative estimate of drug-likeness (QED) is 0.597. The first-order valence-electron chi connectivity index (χ1n) is 4.21. The Morgan fingerprint density at radius 1 is 1.43 bits per heavy atom. The van der Waals surface area contributed by atoms with Crippen molar-refractivity contribution >= 4 is 17.5 Å². The Balaban J connectivity index is 2.53. The van der Waals surface area contributed by atoms with Crippen molar-refractivity contribution in [1.82, 2.24) is 5.32 Å². The van der Waals surface area contributed by atoms with Crippen LogP contribution >= 0.6 is 11.6 Å². The van der Waals surface area contributed by atoms with Crippen LogP contribution in [-0.2, 0) is 0 Å². The van der Waals surface area contributed by atoms with Crippen LogP contribution in [0.1, 0.15) is 16.8 Å². The zero-order valence-corrected chi connectivity index (χ0v) is 8.34. The normalized spacial score (nSPS) is 9.14. The summed E-state index contributed by atoms with van der Waals surface area (Å²) in [7, 11) is 0. The Labute approximate surface area is 88.3 Å². The van der Waals surface area contributed by atoms with Crippen molar-refractivity contribution in [3.05, 3.63) is 34.9 Å². The molecule has 0 aromatic heterocycles. The monoisotopic (exact) mass is 207 g/mol. The average Bonchev–Trinajstić information content (AvgIpc) is 2.19. The number of benzene rings is 1. The standard InChI is InChI=1S/C11H10ClNO/c1-2-3-8-13-11(14)9-4-6-10(12)7-5-9/h1,4-7H,3,8H2,(H,13,14). The van der Waals surface area contributed by atoms with Gasteiger partial charge in [0.1, 0.15) is 0 Å². The van der Waals surface area contributed by atoms with Gasteiger partial charge in [-0.2, -0.15) is 0 Å². The van der Waals surface area contributed by atoms with Gasteiger partial charge in [0, 0.05) is 23.6 Å². The van der Waals surface area contributed by atoms with E-state index in [-0.39, 0.29) is 5.91 Å². The van der Waals surface area contributed by atoms with Gasteiger partial charge in [0.25, 0.3) is 5.91 Å². The van der Waals surface area contributed by atoms with Crippen molar-refractivity contribution in [2.45, 2.75) is 6.42 Å². The van der Waals surface area contributed by atoms with Crippen LogP contribution in [0.4, 0.5) is 0 Å². The van der Waals surface area contributed by atoms with E-state index in [0.29, 0.717) is 23.6 Å². The van der Waals surface area contributed by atoms with Gasteiger partial charge in [0.15, 0.2) is 0 Å². The first kappa shape index (κ1) is 10.6. The van der Waals surface area contributed by atoms with Gasteiger partial charge in [-0.15, -0.1) is 12.3 Å². The fourth-order valence-corrected chi connectivity index (χ4v) is 1.08. The smallest absolute Gasteiger partial charge is 0.251 e. The Kier molecular flexibility index (Phi) is 4.03. The van der Waals surface area contributed by atoms with Gasteiger partial charge in [-0.25, -0.2) is 0 Å². The highest BCUT2D eigenvalue weighted by atomic mass is 35.5. The molecule has 1 rings (SSSR count). The number of halogens is 1. The Hall–Kier alpha value is -1.46. The zero-order chi connectivity index (χ0) is 10.4. The number of hydrogen-bond acceptors (Lipinski definition) is 1. The molecule has 2 nitrogen and oxygen atoms in total. The third kappa shape index (κ3) is 3.12. The number of nitrogens with one attached hydrogen (secondary N) is 1. The van der Waals surface area contributed by atoms with Gasteiger partial charge in [-0.1, -0.05) is 11.6 Å². The molecule has 0 fully saturated rings. The minimum absolute atomic E-state index is 0.128. The maximum atomic E-state index is 11.4. The summed E-state index contributed by atoms with van der Waals surface area (Å²) < 4.78 is 0. The molecule has 1 aromatic rings. The molecule has 1 aromatic carbocycles. The first-order valence-corrected chi connectivity index (χ1v) is 4.59. The molecule has 0 bridgehead atoms. The van der Waals surface area contributed by atoms with Crippen LogP contribution in [0, 0.1) is 12.3 Å². The van der Waals surface area contributed by atoms with Gasteiger partial charge < -0.3 is 5.32 Å². The molecular weight excluding hydrogens is 198 g/mol. The minimum Gasteiger partial charge on any atom is -0.351 e. The number of carbonyl (C=O) groups excluding carboxylic acids is 1. The highest BCUT2D eigenvalue weighted by Gasteiger charge is 2.02. The molecular formula is C11H10ClNO. The van der Waals surface area contributed by atoms with Crippen LogP contribution in [0.2, 0.25) is 5.02 Å². The lowest BCUT2D eigenvalue weighted by Crippen LogP contribution is -2.23. The number of hydrogen-bond donors (Lipinski definition) is 1. The highest BCUT2D eigenvalue weighted by Crippen LogP contribution is 2.09. The predicted octanol–water partition coefficient (Wildman–Crippen LogP) is 2.09. The molecule has 1 amide bonds. The molecule has 0 saturated carbocycles. The van der Waals surface area contributed by atoms with Crippen LogP contribution in [-0.4, -0.2) is 12.5 Å². The number of carbonyl (C=O) groups is 1. The number of terminal acetylenes is 1. The van der Waals surface area contributed by atoms with Crippen LogP contribution in [0.25, 0.3) is 0 Å². The van der Waals surface area contributed by atoms with Crippen molar-refractivity contribution in [3.8, 4) is 12.3 Å². The van der Waals surface area contributed by atoms with Crippen molar-refractivity contribution in [2.24, 2.45) is 0 Å². The van der Waals surface area contributed by atoms with E-state index in [4.69, 9.17) is 18.0 Å². The molecule has 0 saturated heterocycles. The van der Waals surface area contributed by atoms with Crippen LogP contribution in [0.15, 0.2) is 24.3 Å². The molecule has 0 spiro atoms. The van der Waals surface area contributed by atoms with Crippen LogP contribution in [0.3, 0.4) is 0 Å². The largest absolute Gasteiger partial charge is 0.351 e. The Morgan fingerprint density at radius 2 is 2.07 bits per heavy atom. The van der Waals surface area contributed by atoms with E-state index in [1.54, 1.807) is 24.3 Å². The summed E-state index contributed by atoms with van der Waals surface area (Å²) in [6.45, 7) is 0.498. The summed E-state index contributed by atoms with van der Waals surface area (Å²) in [5.74, 6) is 2.32. The van der Waals surface area contributed by atoms with Gasteiger partial charge in [0.2, 0.25) is 0 Å². The lowest BCUT2D eigenvalue weighted by molar-refractivity contribution is 0.0954. The maximum absolute atomic E-state index is 11.4. The van der Waals surface area contributed by atoms with E-state index in [2.05, 4.69) is 11.2 Å².